The molecule has 2 atom stereocenters. The summed E-state index contributed by atoms with van der Waals surface area (Å²) in [4.78, 5) is 0. The van der Waals surface area contributed by atoms with Crippen LogP contribution in [-0.2, 0) is 18.0 Å². The Morgan fingerprint density at radius 2 is 0.976 bits per heavy atom. The van der Waals surface area contributed by atoms with Crippen molar-refractivity contribution in [3.05, 3.63) is 130 Å². The van der Waals surface area contributed by atoms with Crippen LogP contribution in [-0.4, -0.2) is 3.26 Å². The molecule has 0 nitrogen and oxygen atoms in total. The van der Waals surface area contributed by atoms with E-state index >= 15 is 0 Å². The number of hydrogen-bond acceptors (Lipinski definition) is 0. The molecule has 0 spiro atoms. The first-order valence-corrected chi connectivity index (χ1v) is 29.2. The number of rotatable bonds is 8. The van der Waals surface area contributed by atoms with Crippen molar-refractivity contribution in [1.29, 1.82) is 0 Å². The Labute approximate surface area is 254 Å². The van der Waals surface area contributed by atoms with Gasteiger partial charge in [-0.25, -0.2) is 0 Å². The monoisotopic (exact) mass is 718 g/mol. The molecule has 4 aromatic rings. The number of allylic oxidation sites excluding steroid dienone is 2. The summed E-state index contributed by atoms with van der Waals surface area (Å²) in [6, 6.07) is 32.4. The van der Waals surface area contributed by atoms with E-state index in [1.807, 2.05) is 3.26 Å². The second kappa shape index (κ2) is 11.3. The fourth-order valence-corrected chi connectivity index (χ4v) is 34.0. The van der Waals surface area contributed by atoms with Gasteiger partial charge in [0.25, 0.3) is 0 Å². The second-order valence-electron chi connectivity index (χ2n) is 13.7. The molecular weight excluding hydrogens is 671 g/mol. The Bertz CT molecular complexity index is 1630. The van der Waals surface area contributed by atoms with E-state index in [2.05, 4.69) is 146 Å². The van der Waals surface area contributed by atoms with E-state index in [9.17, 15) is 0 Å². The van der Waals surface area contributed by atoms with Crippen molar-refractivity contribution in [3.8, 4) is 22.3 Å². The number of fused-ring (bicyclic) bond motifs is 2. The number of benzene rings is 4. The van der Waals surface area contributed by atoms with Gasteiger partial charge in [0, 0.05) is 0 Å². The molecule has 6 rings (SSSR count). The maximum absolute atomic E-state index is 4.01. The van der Waals surface area contributed by atoms with Gasteiger partial charge < -0.3 is 0 Å². The van der Waals surface area contributed by atoms with Crippen LogP contribution >= 0.6 is 0 Å². The van der Waals surface area contributed by atoms with E-state index in [-0.39, 0.29) is 0 Å². The molecule has 0 bridgehead atoms. The quantitative estimate of drug-likeness (QED) is 0.159. The Kier molecular flexibility index (Phi) is 7.86. The van der Waals surface area contributed by atoms with Crippen LogP contribution in [0.5, 0.6) is 0 Å². The van der Waals surface area contributed by atoms with Gasteiger partial charge in [0.05, 0.1) is 0 Å². The molecule has 2 aliphatic carbocycles. The number of hydrogen-bond donors (Lipinski definition) is 0. The third-order valence-electron chi connectivity index (χ3n) is 10.7. The van der Waals surface area contributed by atoms with Crippen LogP contribution in [0.2, 0.25) is 9.36 Å². The summed E-state index contributed by atoms with van der Waals surface area (Å²) < 4.78 is 8.56. The van der Waals surface area contributed by atoms with E-state index in [4.69, 9.17) is 0 Å². The topological polar surface area (TPSA) is 0 Å². The van der Waals surface area contributed by atoms with Crippen molar-refractivity contribution in [3.63, 3.8) is 0 Å². The Hall–Kier alpha value is -2.90. The standard InChI is InChI=1S/2C16H13.C7H14.2CH3.Hf/c2*1-12-8-10-14(11-9-12)16-7-3-5-13-4-2-6-15(13)16;1-3-5-7-6-4-2;;;/h2*2-11H,1H3;3-6H2,1-2H3;2*1H3;. The van der Waals surface area contributed by atoms with Crippen LogP contribution in [0.1, 0.15) is 80.3 Å². The molecule has 0 amide bonds. The summed E-state index contributed by atoms with van der Waals surface area (Å²) in [5, 5.41) is 0. The molecule has 0 saturated carbocycles. The molecular formula is C41H46Hf. The van der Waals surface area contributed by atoms with Crippen LogP contribution in [0, 0.1) is 13.8 Å². The van der Waals surface area contributed by atoms with Crippen LogP contribution in [0.25, 0.3) is 34.4 Å². The zero-order valence-electron chi connectivity index (χ0n) is 26.4. The summed E-state index contributed by atoms with van der Waals surface area (Å²) in [5.41, 5.74) is 14.0. The molecule has 1 heteroatoms. The Balaban J connectivity index is 1.56. The zero-order valence-corrected chi connectivity index (χ0v) is 30.0. The van der Waals surface area contributed by atoms with Crippen LogP contribution < -0.4 is 0 Å². The van der Waals surface area contributed by atoms with E-state index in [0.29, 0.717) is 7.35 Å². The summed E-state index contributed by atoms with van der Waals surface area (Å²) in [5.74, 6) is 0. The van der Waals surface area contributed by atoms with Gasteiger partial charge >= 0.3 is 256 Å². The van der Waals surface area contributed by atoms with Gasteiger partial charge in [0.15, 0.2) is 0 Å². The summed E-state index contributed by atoms with van der Waals surface area (Å²) in [7, 11) is 0. The average molecular weight is 717 g/mol. The first kappa shape index (κ1) is 29.2. The molecule has 0 aromatic heterocycles. The molecule has 4 aromatic carbocycles. The molecule has 0 heterocycles. The Morgan fingerprint density at radius 1 is 0.571 bits per heavy atom. The van der Waals surface area contributed by atoms with Gasteiger partial charge in [-0.15, -0.1) is 0 Å². The fourth-order valence-electron chi connectivity index (χ4n) is 8.34. The summed E-state index contributed by atoms with van der Waals surface area (Å²) >= 11 is -4.01. The van der Waals surface area contributed by atoms with Crippen molar-refractivity contribution in [1.82, 2.24) is 0 Å². The average Bonchev–Trinajstić information content (AvgIpc) is 3.64. The molecule has 0 radical (unpaired) electrons. The first-order valence-electron chi connectivity index (χ1n) is 16.1. The van der Waals surface area contributed by atoms with Gasteiger partial charge in [-0.3, -0.25) is 0 Å². The van der Waals surface area contributed by atoms with Crippen molar-refractivity contribution < 1.29 is 18.0 Å². The van der Waals surface area contributed by atoms with E-state index in [0.717, 1.165) is 0 Å². The van der Waals surface area contributed by atoms with Crippen molar-refractivity contribution >= 4 is 15.4 Å². The van der Waals surface area contributed by atoms with Crippen LogP contribution in [0.4, 0.5) is 0 Å². The molecule has 0 N–H and O–H groups in total. The van der Waals surface area contributed by atoms with Crippen molar-refractivity contribution in [2.45, 2.75) is 70.1 Å². The Morgan fingerprint density at radius 3 is 1.36 bits per heavy atom. The van der Waals surface area contributed by atoms with Gasteiger partial charge in [-0.1, -0.05) is 0 Å². The van der Waals surface area contributed by atoms with Gasteiger partial charge in [0.2, 0.25) is 0 Å². The minimum atomic E-state index is -4.01. The third-order valence-corrected chi connectivity index (χ3v) is 37.9. The molecule has 42 heavy (non-hydrogen) atoms. The molecule has 214 valence electrons. The van der Waals surface area contributed by atoms with E-state index in [1.165, 1.54) is 70.2 Å². The van der Waals surface area contributed by atoms with Gasteiger partial charge in [-0.2, -0.15) is 0 Å². The van der Waals surface area contributed by atoms with Crippen LogP contribution in [0.15, 0.2) is 97.1 Å². The van der Waals surface area contributed by atoms with Crippen molar-refractivity contribution in [2.75, 3.05) is 0 Å². The normalized spacial score (nSPS) is 17.4. The molecule has 0 fully saturated rings. The maximum atomic E-state index is 2.82. The van der Waals surface area contributed by atoms with Crippen molar-refractivity contribution in [2.24, 2.45) is 0 Å². The van der Waals surface area contributed by atoms with E-state index < -0.39 is 18.0 Å². The second-order valence-corrected chi connectivity index (χ2v) is 39.5. The van der Waals surface area contributed by atoms with Gasteiger partial charge in [-0.05, 0) is 0 Å². The predicted octanol–water partition coefficient (Wildman–Crippen LogP) is 12.0. The van der Waals surface area contributed by atoms with E-state index in [1.54, 1.807) is 11.1 Å². The summed E-state index contributed by atoms with van der Waals surface area (Å²) in [6.45, 7) is 9.11. The zero-order chi connectivity index (χ0) is 29.5. The van der Waals surface area contributed by atoms with Gasteiger partial charge in [0.1, 0.15) is 0 Å². The first-order chi connectivity index (χ1) is 20.3. The number of aryl methyl sites for hydroxylation is 2. The SMILES string of the molecule is CCC[C](CCC)=[Hf]([CH3])([CH3])([CH]1C=Cc2c(-c3ccc(C)cc3)cccc21)[CH]1C=Cc2c(-c3ccc(C)cc3)cccc21. The third kappa shape index (κ3) is 4.73. The molecule has 0 aliphatic heterocycles. The van der Waals surface area contributed by atoms with Crippen LogP contribution in [0.3, 0.4) is 0 Å². The molecule has 2 unspecified atom stereocenters. The molecule has 0 saturated heterocycles. The minimum absolute atomic E-state index is 0.499. The summed E-state index contributed by atoms with van der Waals surface area (Å²) in [6.07, 6.45) is 15.2. The fraction of sp³-hybridized carbons (Fsp3) is 0.293. The molecule has 2 aliphatic rings. The predicted molar refractivity (Wildman–Crippen MR) is 183 cm³/mol.